The van der Waals surface area contributed by atoms with Crippen LogP contribution in [0.4, 0.5) is 28.4 Å². The number of hydrogen-bond donors (Lipinski definition) is 5. The largest absolute Gasteiger partial charge is 0.398 e. The number of ketones is 2. The Bertz CT molecular complexity index is 2000. The van der Waals surface area contributed by atoms with Crippen molar-refractivity contribution < 1.29 is 35.5 Å². The van der Waals surface area contributed by atoms with Crippen LogP contribution >= 0.6 is 0 Å². The lowest BCUT2D eigenvalue weighted by atomic mass is 9.81. The van der Waals surface area contributed by atoms with Gasteiger partial charge in [0.1, 0.15) is 9.79 Å². The topological polar surface area (TPSA) is 193 Å². The first-order valence-corrected chi connectivity index (χ1v) is 14.9. The van der Waals surface area contributed by atoms with E-state index in [1.165, 1.54) is 30.3 Å². The van der Waals surface area contributed by atoms with Gasteiger partial charge in [-0.05, 0) is 55.8 Å². The monoisotopic (exact) mass is 593 g/mol. The van der Waals surface area contributed by atoms with Crippen LogP contribution in [0.3, 0.4) is 0 Å². The Hall–Kier alpha value is -4.56. The second-order valence-electron chi connectivity index (χ2n) is 9.54. The third-order valence-corrected chi connectivity index (χ3v) is 8.37. The molecule has 0 bridgehead atoms. The van der Waals surface area contributed by atoms with Gasteiger partial charge in [0.2, 0.25) is 0 Å². The lowest BCUT2D eigenvalue weighted by Gasteiger charge is -2.26. The van der Waals surface area contributed by atoms with E-state index in [1.807, 2.05) is 6.92 Å². The van der Waals surface area contributed by atoms with Gasteiger partial charge in [-0.25, -0.2) is 0 Å². The normalized spacial score (nSPS) is 13.0. The van der Waals surface area contributed by atoms with Crippen molar-refractivity contribution in [1.29, 1.82) is 0 Å². The van der Waals surface area contributed by atoms with Crippen LogP contribution in [0.5, 0.6) is 0 Å². The van der Waals surface area contributed by atoms with Crippen LogP contribution in [0.1, 0.15) is 43.0 Å². The molecule has 0 heterocycles. The number of benzene rings is 4. The summed E-state index contributed by atoms with van der Waals surface area (Å²) in [6.45, 7) is 3.43. The van der Waals surface area contributed by atoms with Gasteiger partial charge in [0.05, 0.1) is 33.8 Å². The third kappa shape index (κ3) is 5.07. The highest BCUT2D eigenvalue weighted by atomic mass is 32.2. The molecule has 1 aliphatic carbocycles. The van der Waals surface area contributed by atoms with Gasteiger partial charge in [0.15, 0.2) is 11.6 Å². The number of nitrogens with two attached hydrogens (primary N) is 1. The fraction of sp³-hybridized carbons (Fsp3) is 0.0714. The lowest BCUT2D eigenvalue weighted by Crippen LogP contribution is -2.26. The molecule has 210 valence electrons. The van der Waals surface area contributed by atoms with Crippen LogP contribution in [-0.4, -0.2) is 37.5 Å². The van der Waals surface area contributed by atoms with Crippen molar-refractivity contribution in [2.75, 3.05) is 16.4 Å². The summed E-state index contributed by atoms with van der Waals surface area (Å²) >= 11 is 0. The molecular weight excluding hydrogens is 570 g/mol. The molecule has 0 atom stereocenters. The van der Waals surface area contributed by atoms with Crippen LogP contribution in [-0.2, 0) is 20.2 Å². The van der Waals surface area contributed by atoms with Gasteiger partial charge < -0.3 is 16.4 Å². The van der Waals surface area contributed by atoms with Crippen LogP contribution in [0.25, 0.3) is 0 Å². The number of anilines is 5. The van der Waals surface area contributed by atoms with Crippen molar-refractivity contribution in [3.05, 3.63) is 100 Å². The van der Waals surface area contributed by atoms with Gasteiger partial charge >= 0.3 is 0 Å². The molecule has 13 heteroatoms. The molecule has 0 saturated heterocycles. The molecule has 0 aromatic heterocycles. The Balaban J connectivity index is 1.86. The van der Waals surface area contributed by atoms with E-state index in [-0.39, 0.29) is 33.8 Å². The Kier molecular flexibility index (Phi) is 6.70. The SMILES string of the molecule is Cc1ccc(Nc2cc(S(=O)(=O)O)c(Nc3ccc(C)cc3S(=O)(=O)O)c3c2C(=O)c2c(N)cccc2C3=O)cc1. The summed E-state index contributed by atoms with van der Waals surface area (Å²) in [5, 5.41) is 5.55. The zero-order valence-electron chi connectivity index (χ0n) is 21.6. The van der Waals surface area contributed by atoms with Crippen molar-refractivity contribution in [2.24, 2.45) is 0 Å². The lowest BCUT2D eigenvalue weighted by molar-refractivity contribution is 0.0980. The molecule has 6 N–H and O–H groups in total. The third-order valence-electron chi connectivity index (χ3n) is 6.60. The number of carbonyl (C=O) groups excluding carboxylic acids is 2. The second kappa shape index (κ2) is 9.82. The fourth-order valence-corrected chi connectivity index (χ4v) is 6.10. The molecule has 0 unspecified atom stereocenters. The molecule has 0 fully saturated rings. The molecule has 0 radical (unpaired) electrons. The number of rotatable bonds is 6. The van der Waals surface area contributed by atoms with Crippen molar-refractivity contribution in [2.45, 2.75) is 23.6 Å². The number of aryl methyl sites for hydroxylation is 2. The minimum atomic E-state index is -5.09. The highest BCUT2D eigenvalue weighted by Crippen LogP contribution is 2.44. The van der Waals surface area contributed by atoms with Crippen molar-refractivity contribution in [1.82, 2.24) is 0 Å². The zero-order chi connectivity index (χ0) is 29.9. The van der Waals surface area contributed by atoms with Gasteiger partial charge in [-0.1, -0.05) is 35.9 Å². The number of nitrogen functional groups attached to an aromatic ring is 1. The highest BCUT2D eigenvalue weighted by molar-refractivity contribution is 7.86. The first kappa shape index (κ1) is 28.0. The second-order valence-corrected chi connectivity index (χ2v) is 12.3. The van der Waals surface area contributed by atoms with E-state index in [1.54, 1.807) is 31.2 Å². The van der Waals surface area contributed by atoms with Crippen LogP contribution < -0.4 is 16.4 Å². The molecule has 0 saturated carbocycles. The van der Waals surface area contributed by atoms with E-state index >= 15 is 0 Å². The Morgan fingerprint density at radius 1 is 0.659 bits per heavy atom. The molecule has 0 amide bonds. The first-order chi connectivity index (χ1) is 19.2. The molecular formula is C28H23N3O8S2. The molecule has 4 aromatic rings. The van der Waals surface area contributed by atoms with Gasteiger partial charge in [-0.2, -0.15) is 16.8 Å². The summed E-state index contributed by atoms with van der Waals surface area (Å²) in [5.41, 5.74) is 6.04. The van der Waals surface area contributed by atoms with E-state index < -0.39 is 52.8 Å². The minimum absolute atomic E-state index is 0.0216. The average Bonchev–Trinajstić information content (AvgIpc) is 2.88. The Morgan fingerprint density at radius 2 is 1.29 bits per heavy atom. The predicted molar refractivity (Wildman–Crippen MR) is 153 cm³/mol. The van der Waals surface area contributed by atoms with Gasteiger partial charge in [0.25, 0.3) is 20.2 Å². The minimum Gasteiger partial charge on any atom is -0.398 e. The molecule has 0 aliphatic heterocycles. The van der Waals surface area contributed by atoms with Crippen molar-refractivity contribution in [3.63, 3.8) is 0 Å². The van der Waals surface area contributed by atoms with Crippen LogP contribution in [0, 0.1) is 13.8 Å². The Labute approximate surface area is 235 Å². The predicted octanol–water partition coefficient (Wildman–Crippen LogP) is 4.64. The number of fused-ring (bicyclic) bond motifs is 2. The maximum absolute atomic E-state index is 14.0. The standard InChI is InChI=1S/C28H23N3O8S2/c1-14-6-9-16(10-7-14)30-20-13-22(41(37,38)39)26(31-19-11-8-15(2)12-21(19)40(34,35)36)25-24(20)28(33)23-17(27(25)32)4-3-5-18(23)29/h3-13,30-31H,29H2,1-2H3,(H,34,35,36)(H,37,38,39). The molecule has 5 rings (SSSR count). The van der Waals surface area contributed by atoms with Crippen molar-refractivity contribution >= 4 is 60.2 Å². The zero-order valence-corrected chi connectivity index (χ0v) is 23.2. The number of hydrogen-bond acceptors (Lipinski definition) is 9. The molecule has 4 aromatic carbocycles. The average molecular weight is 594 g/mol. The number of carbonyl (C=O) groups is 2. The molecule has 41 heavy (non-hydrogen) atoms. The Morgan fingerprint density at radius 3 is 1.93 bits per heavy atom. The van der Waals surface area contributed by atoms with Gasteiger partial charge in [-0.15, -0.1) is 0 Å². The summed E-state index contributed by atoms with van der Waals surface area (Å²) in [7, 11) is -9.93. The van der Waals surface area contributed by atoms with Crippen LogP contribution in [0.15, 0.2) is 76.5 Å². The smallest absolute Gasteiger partial charge is 0.296 e. The summed E-state index contributed by atoms with van der Waals surface area (Å²) < 4.78 is 69.9. The summed E-state index contributed by atoms with van der Waals surface area (Å²) in [6, 6.07) is 15.9. The van der Waals surface area contributed by atoms with Crippen LogP contribution in [0.2, 0.25) is 0 Å². The van der Waals surface area contributed by atoms with E-state index in [2.05, 4.69) is 10.6 Å². The van der Waals surface area contributed by atoms with Crippen molar-refractivity contribution in [3.8, 4) is 0 Å². The fourth-order valence-electron chi connectivity index (χ4n) is 4.69. The highest BCUT2D eigenvalue weighted by Gasteiger charge is 2.39. The van der Waals surface area contributed by atoms with Gasteiger partial charge in [-0.3, -0.25) is 18.7 Å². The summed E-state index contributed by atoms with van der Waals surface area (Å²) in [6.07, 6.45) is 0. The van der Waals surface area contributed by atoms with E-state index in [0.29, 0.717) is 11.3 Å². The maximum Gasteiger partial charge on any atom is 0.296 e. The van der Waals surface area contributed by atoms with Gasteiger partial charge in [0, 0.05) is 16.9 Å². The quantitative estimate of drug-likeness (QED) is 0.136. The molecule has 0 spiro atoms. The number of nitrogens with one attached hydrogen (secondary N) is 2. The van der Waals surface area contributed by atoms with E-state index in [4.69, 9.17) is 5.73 Å². The first-order valence-electron chi connectivity index (χ1n) is 12.0. The molecule has 1 aliphatic rings. The summed E-state index contributed by atoms with van der Waals surface area (Å²) in [5.74, 6) is -1.51. The molecule has 11 nitrogen and oxygen atoms in total. The maximum atomic E-state index is 14.0. The van der Waals surface area contributed by atoms with E-state index in [9.17, 15) is 35.5 Å². The summed E-state index contributed by atoms with van der Waals surface area (Å²) in [4.78, 5) is 26.5. The van der Waals surface area contributed by atoms with E-state index in [0.717, 1.165) is 17.7 Å².